The first-order valence-corrected chi connectivity index (χ1v) is 8.09. The third kappa shape index (κ3) is 3.21. The predicted molar refractivity (Wildman–Crippen MR) is 80.1 cm³/mol. The molecule has 1 saturated carbocycles. The summed E-state index contributed by atoms with van der Waals surface area (Å²) in [6, 6.07) is 0.633. The normalized spacial score (nSPS) is 40.4. The van der Waals surface area contributed by atoms with Crippen LogP contribution in [0, 0.1) is 23.2 Å². The number of ketones is 1. The van der Waals surface area contributed by atoms with Crippen molar-refractivity contribution in [2.75, 3.05) is 13.1 Å². The van der Waals surface area contributed by atoms with E-state index < -0.39 is 0 Å². The number of hydrogen-bond acceptors (Lipinski definition) is 2. The van der Waals surface area contributed by atoms with Crippen LogP contribution in [0.3, 0.4) is 0 Å². The van der Waals surface area contributed by atoms with Gasteiger partial charge in [0.05, 0.1) is 0 Å². The third-order valence-corrected chi connectivity index (χ3v) is 5.57. The number of nitrogens with zero attached hydrogens (tertiary/aromatic N) is 1. The highest BCUT2D eigenvalue weighted by molar-refractivity contribution is 5.87. The smallest absolute Gasteiger partial charge is 0.142 e. The summed E-state index contributed by atoms with van der Waals surface area (Å²) in [6.07, 6.45) is 4.73. The van der Waals surface area contributed by atoms with Gasteiger partial charge in [0.15, 0.2) is 0 Å². The van der Waals surface area contributed by atoms with E-state index in [4.69, 9.17) is 0 Å². The average Bonchev–Trinajstić information content (AvgIpc) is 2.31. The summed E-state index contributed by atoms with van der Waals surface area (Å²) in [5.74, 6) is 2.33. The molecule has 0 aromatic rings. The quantitative estimate of drug-likeness (QED) is 0.758. The van der Waals surface area contributed by atoms with Crippen LogP contribution >= 0.6 is 0 Å². The molecule has 0 N–H and O–H groups in total. The molecule has 2 heteroatoms. The molecule has 2 fully saturated rings. The lowest BCUT2D eigenvalue weighted by molar-refractivity contribution is -0.135. The number of hydrogen-bond donors (Lipinski definition) is 0. The molecular weight excluding hydrogens is 234 g/mol. The molecule has 110 valence electrons. The van der Waals surface area contributed by atoms with Crippen molar-refractivity contribution in [3.05, 3.63) is 0 Å². The molecule has 1 saturated heterocycles. The molecule has 1 heterocycles. The minimum atomic E-state index is -0.0842. The van der Waals surface area contributed by atoms with Gasteiger partial charge in [-0.3, -0.25) is 9.69 Å². The monoisotopic (exact) mass is 265 g/mol. The summed E-state index contributed by atoms with van der Waals surface area (Å²) in [6.45, 7) is 13.5. The summed E-state index contributed by atoms with van der Waals surface area (Å²) in [5, 5.41) is 0. The number of rotatable bonds is 2. The second kappa shape index (κ2) is 5.55. The van der Waals surface area contributed by atoms with Gasteiger partial charge in [0.25, 0.3) is 0 Å². The molecule has 0 spiro atoms. The van der Waals surface area contributed by atoms with Crippen molar-refractivity contribution in [1.82, 2.24) is 4.90 Å². The molecule has 2 nitrogen and oxygen atoms in total. The molecule has 0 bridgehead atoms. The number of likely N-dealkylation sites (tertiary alicyclic amines) is 1. The fraction of sp³-hybridized carbons (Fsp3) is 0.941. The minimum Gasteiger partial charge on any atom is -0.299 e. The van der Waals surface area contributed by atoms with Crippen LogP contribution in [0.15, 0.2) is 0 Å². The average molecular weight is 265 g/mol. The van der Waals surface area contributed by atoms with Crippen LogP contribution in [0.2, 0.25) is 0 Å². The van der Waals surface area contributed by atoms with E-state index in [1.165, 1.54) is 19.4 Å². The molecule has 0 aromatic heterocycles. The fourth-order valence-electron chi connectivity index (χ4n) is 4.13. The first-order valence-electron chi connectivity index (χ1n) is 8.09. The highest BCUT2D eigenvalue weighted by Crippen LogP contribution is 2.37. The SMILES string of the molecule is CC1CC(C)C(C)N(CC2CCCC(C)(C)C2=O)C1. The highest BCUT2D eigenvalue weighted by atomic mass is 16.1. The predicted octanol–water partition coefficient (Wildman–Crippen LogP) is 3.75. The van der Waals surface area contributed by atoms with Crippen molar-refractivity contribution in [3.63, 3.8) is 0 Å². The summed E-state index contributed by atoms with van der Waals surface area (Å²) in [7, 11) is 0. The van der Waals surface area contributed by atoms with Gasteiger partial charge >= 0.3 is 0 Å². The number of Topliss-reactive ketones (excluding diaryl/α,β-unsaturated/α-hetero) is 1. The molecule has 0 radical (unpaired) electrons. The Bertz CT molecular complexity index is 336. The van der Waals surface area contributed by atoms with E-state index in [0.29, 0.717) is 11.8 Å². The van der Waals surface area contributed by atoms with Crippen molar-refractivity contribution >= 4 is 5.78 Å². The Morgan fingerprint density at radius 2 is 1.95 bits per heavy atom. The zero-order valence-corrected chi connectivity index (χ0v) is 13.4. The summed E-state index contributed by atoms with van der Waals surface area (Å²) >= 11 is 0. The van der Waals surface area contributed by atoms with Crippen molar-refractivity contribution < 1.29 is 4.79 Å². The lowest BCUT2D eigenvalue weighted by Gasteiger charge is -2.44. The molecule has 2 aliphatic rings. The zero-order valence-electron chi connectivity index (χ0n) is 13.4. The number of piperidine rings is 1. The summed E-state index contributed by atoms with van der Waals surface area (Å²) < 4.78 is 0. The van der Waals surface area contributed by atoms with Gasteiger partial charge in [-0.05, 0) is 38.0 Å². The zero-order chi connectivity index (χ0) is 14.2. The summed E-state index contributed by atoms with van der Waals surface area (Å²) in [5.41, 5.74) is -0.0842. The van der Waals surface area contributed by atoms with Gasteiger partial charge < -0.3 is 0 Å². The first kappa shape index (κ1) is 15.0. The fourth-order valence-corrected chi connectivity index (χ4v) is 4.13. The van der Waals surface area contributed by atoms with Crippen molar-refractivity contribution in [1.29, 1.82) is 0 Å². The second-order valence-electron chi connectivity index (χ2n) is 7.85. The number of carbonyl (C=O) groups is 1. The molecule has 1 aliphatic heterocycles. The van der Waals surface area contributed by atoms with E-state index in [1.54, 1.807) is 0 Å². The molecule has 4 atom stereocenters. The Kier molecular flexibility index (Phi) is 4.39. The molecule has 1 aliphatic carbocycles. The first-order chi connectivity index (χ1) is 8.81. The van der Waals surface area contributed by atoms with E-state index in [1.807, 2.05) is 0 Å². The van der Waals surface area contributed by atoms with E-state index in [-0.39, 0.29) is 11.3 Å². The van der Waals surface area contributed by atoms with E-state index >= 15 is 0 Å². The van der Waals surface area contributed by atoms with Gasteiger partial charge in [-0.1, -0.05) is 34.1 Å². The van der Waals surface area contributed by atoms with Crippen LogP contribution in [0.4, 0.5) is 0 Å². The highest BCUT2D eigenvalue weighted by Gasteiger charge is 2.39. The lowest BCUT2D eigenvalue weighted by Crippen LogP contribution is -2.50. The van der Waals surface area contributed by atoms with Crippen LogP contribution in [0.25, 0.3) is 0 Å². The molecule has 2 rings (SSSR count). The van der Waals surface area contributed by atoms with Gasteiger partial charge in [0.2, 0.25) is 0 Å². The van der Waals surface area contributed by atoms with E-state index in [9.17, 15) is 4.79 Å². The van der Waals surface area contributed by atoms with E-state index in [0.717, 1.165) is 31.2 Å². The van der Waals surface area contributed by atoms with Crippen LogP contribution in [-0.2, 0) is 4.79 Å². The van der Waals surface area contributed by atoms with Gasteiger partial charge in [0.1, 0.15) is 5.78 Å². The Hall–Kier alpha value is -0.370. The van der Waals surface area contributed by atoms with Gasteiger partial charge in [-0.15, -0.1) is 0 Å². The van der Waals surface area contributed by atoms with Gasteiger partial charge in [0, 0.05) is 30.5 Å². The van der Waals surface area contributed by atoms with Crippen molar-refractivity contribution in [2.45, 2.75) is 66.3 Å². The Morgan fingerprint density at radius 3 is 2.63 bits per heavy atom. The standard InChI is InChI=1S/C17H31NO/c1-12-9-13(2)14(3)18(10-12)11-15-7-6-8-17(4,5)16(15)19/h12-15H,6-11H2,1-5H3. The largest absolute Gasteiger partial charge is 0.299 e. The topological polar surface area (TPSA) is 20.3 Å². The van der Waals surface area contributed by atoms with Crippen LogP contribution in [-0.4, -0.2) is 29.8 Å². The molecular formula is C17H31NO. The van der Waals surface area contributed by atoms with Crippen LogP contribution in [0.5, 0.6) is 0 Å². The van der Waals surface area contributed by atoms with Gasteiger partial charge in [-0.2, -0.15) is 0 Å². The maximum Gasteiger partial charge on any atom is 0.142 e. The Morgan fingerprint density at radius 1 is 1.26 bits per heavy atom. The van der Waals surface area contributed by atoms with Gasteiger partial charge in [-0.25, -0.2) is 0 Å². The van der Waals surface area contributed by atoms with Crippen LogP contribution < -0.4 is 0 Å². The second-order valence-corrected chi connectivity index (χ2v) is 7.85. The molecule has 0 aromatic carbocycles. The maximum absolute atomic E-state index is 12.6. The van der Waals surface area contributed by atoms with Crippen LogP contribution in [0.1, 0.15) is 60.3 Å². The molecule has 0 amide bonds. The molecule has 4 unspecified atom stereocenters. The van der Waals surface area contributed by atoms with E-state index in [2.05, 4.69) is 39.5 Å². The minimum absolute atomic E-state index is 0.0842. The Labute approximate surface area is 118 Å². The third-order valence-electron chi connectivity index (χ3n) is 5.57. The number of carbonyl (C=O) groups excluding carboxylic acids is 1. The summed E-state index contributed by atoms with van der Waals surface area (Å²) in [4.78, 5) is 15.1. The van der Waals surface area contributed by atoms with Crippen molar-refractivity contribution in [2.24, 2.45) is 23.2 Å². The van der Waals surface area contributed by atoms with Crippen molar-refractivity contribution in [3.8, 4) is 0 Å². The lowest BCUT2D eigenvalue weighted by atomic mass is 9.70. The Balaban J connectivity index is 2.01. The maximum atomic E-state index is 12.6. The molecule has 19 heavy (non-hydrogen) atoms.